The summed E-state index contributed by atoms with van der Waals surface area (Å²) in [6.07, 6.45) is 1.73. The summed E-state index contributed by atoms with van der Waals surface area (Å²) in [7, 11) is 3.12. The van der Waals surface area contributed by atoms with Crippen LogP contribution in [-0.4, -0.2) is 107 Å². The third-order valence-corrected chi connectivity index (χ3v) is 8.70. The number of likely N-dealkylation sites (tertiary alicyclic amines) is 1. The van der Waals surface area contributed by atoms with Crippen molar-refractivity contribution in [3.05, 3.63) is 102 Å². The monoisotopic (exact) mass is 643 g/mol. The molecular weight excluding hydrogens is 598 g/mol. The molecule has 1 fully saturated rings. The number of nitrogens with zero attached hydrogens (tertiary/aromatic N) is 3. The molecule has 4 rings (SSSR count). The van der Waals surface area contributed by atoms with Gasteiger partial charge in [-0.25, -0.2) is 0 Å². The van der Waals surface area contributed by atoms with E-state index in [1.165, 1.54) is 26.8 Å². The van der Waals surface area contributed by atoms with Crippen LogP contribution in [0.4, 0.5) is 0 Å². The first-order valence-electron chi connectivity index (χ1n) is 15.9. The topological polar surface area (TPSA) is 157 Å². The van der Waals surface area contributed by atoms with Gasteiger partial charge < -0.3 is 36.0 Å². The number of aliphatic hydroxyl groups excluding tert-OH is 1. The van der Waals surface area contributed by atoms with Crippen LogP contribution in [-0.2, 0) is 38.4 Å². The Bertz CT molecular complexity index is 1490. The summed E-state index contributed by atoms with van der Waals surface area (Å²) in [5.41, 5.74) is 8.79. The van der Waals surface area contributed by atoms with Crippen LogP contribution in [0.2, 0.25) is 0 Å². The van der Waals surface area contributed by atoms with Crippen molar-refractivity contribution >= 4 is 23.6 Å². The van der Waals surface area contributed by atoms with Crippen molar-refractivity contribution in [2.24, 2.45) is 5.73 Å². The van der Waals surface area contributed by atoms with Gasteiger partial charge in [-0.05, 0) is 48.1 Å². The quantitative estimate of drug-likeness (QED) is 0.207. The fourth-order valence-corrected chi connectivity index (χ4v) is 6.02. The second kappa shape index (κ2) is 16.7. The molecule has 4 amide bonds. The number of likely N-dealkylation sites (N-methyl/N-ethyl adjacent to an activating group) is 2. The molecule has 4 atom stereocenters. The molecule has 250 valence electrons. The molecule has 1 aliphatic rings. The van der Waals surface area contributed by atoms with Crippen LogP contribution in [0.5, 0.6) is 5.75 Å². The van der Waals surface area contributed by atoms with Crippen LogP contribution >= 0.6 is 0 Å². The SMILES string of the molecule is CN(C(=O)[C@H](Cc1ccccc1)N(C)C(=O)[C@@H]1CCCN1C(=O)[C@@H](N)Cc1ccc(O)cc1)[C@@H](Cc1ccccc1)C(=O)NCCO. The number of carbonyl (C=O) groups is 4. The van der Waals surface area contributed by atoms with Crippen LogP contribution in [0.15, 0.2) is 84.9 Å². The minimum atomic E-state index is -0.970. The molecular formula is C36H45N5O6. The van der Waals surface area contributed by atoms with Gasteiger partial charge in [0.1, 0.15) is 23.9 Å². The van der Waals surface area contributed by atoms with Crippen molar-refractivity contribution in [3.63, 3.8) is 0 Å². The second-order valence-corrected chi connectivity index (χ2v) is 12.0. The Morgan fingerprint density at radius 2 is 1.38 bits per heavy atom. The summed E-state index contributed by atoms with van der Waals surface area (Å²) in [5, 5.41) is 21.6. The van der Waals surface area contributed by atoms with Gasteiger partial charge in [0.05, 0.1) is 12.6 Å². The van der Waals surface area contributed by atoms with E-state index in [-0.39, 0.29) is 50.0 Å². The Balaban J connectivity index is 1.57. The van der Waals surface area contributed by atoms with Crippen molar-refractivity contribution in [1.82, 2.24) is 20.0 Å². The third kappa shape index (κ3) is 9.17. The van der Waals surface area contributed by atoms with Gasteiger partial charge in [-0.1, -0.05) is 72.8 Å². The molecule has 0 radical (unpaired) electrons. The molecule has 3 aromatic rings. The van der Waals surface area contributed by atoms with Crippen molar-refractivity contribution in [3.8, 4) is 5.75 Å². The lowest BCUT2D eigenvalue weighted by atomic mass is 9.99. The predicted molar refractivity (Wildman–Crippen MR) is 178 cm³/mol. The number of phenolic OH excluding ortho intramolecular Hbond substituents is 1. The first-order chi connectivity index (χ1) is 22.6. The maximum Gasteiger partial charge on any atom is 0.246 e. The van der Waals surface area contributed by atoms with Crippen LogP contribution in [0, 0.1) is 0 Å². The van der Waals surface area contributed by atoms with Gasteiger partial charge in [0.15, 0.2) is 0 Å². The molecule has 0 aliphatic carbocycles. The predicted octanol–water partition coefficient (Wildman–Crippen LogP) is 1.50. The number of aromatic hydroxyl groups is 1. The van der Waals surface area contributed by atoms with E-state index in [1.54, 1.807) is 26.2 Å². The van der Waals surface area contributed by atoms with Crippen molar-refractivity contribution < 1.29 is 29.4 Å². The molecule has 1 heterocycles. The summed E-state index contributed by atoms with van der Waals surface area (Å²) in [5.74, 6) is -1.45. The Morgan fingerprint density at radius 1 is 0.830 bits per heavy atom. The van der Waals surface area contributed by atoms with Gasteiger partial charge >= 0.3 is 0 Å². The molecule has 0 unspecified atom stereocenters. The second-order valence-electron chi connectivity index (χ2n) is 12.0. The zero-order chi connectivity index (χ0) is 33.9. The van der Waals surface area contributed by atoms with E-state index < -0.39 is 36.0 Å². The van der Waals surface area contributed by atoms with E-state index in [9.17, 15) is 29.4 Å². The third-order valence-electron chi connectivity index (χ3n) is 8.70. The minimum Gasteiger partial charge on any atom is -0.508 e. The molecule has 11 nitrogen and oxygen atoms in total. The molecule has 0 aromatic heterocycles. The van der Waals surface area contributed by atoms with Gasteiger partial charge in [-0.15, -0.1) is 0 Å². The summed E-state index contributed by atoms with van der Waals surface area (Å²) in [4.78, 5) is 59.6. The van der Waals surface area contributed by atoms with Crippen LogP contribution in [0.1, 0.15) is 29.5 Å². The highest BCUT2D eigenvalue weighted by Crippen LogP contribution is 2.24. The normalized spacial score (nSPS) is 16.2. The van der Waals surface area contributed by atoms with Gasteiger partial charge in [0, 0.05) is 40.0 Å². The molecule has 0 saturated carbocycles. The molecule has 11 heteroatoms. The van der Waals surface area contributed by atoms with Gasteiger partial charge in [-0.3, -0.25) is 19.2 Å². The Kier molecular flexibility index (Phi) is 12.5. The molecule has 47 heavy (non-hydrogen) atoms. The Labute approximate surface area is 276 Å². The van der Waals surface area contributed by atoms with E-state index in [0.717, 1.165) is 16.7 Å². The van der Waals surface area contributed by atoms with Crippen LogP contribution < -0.4 is 11.1 Å². The summed E-state index contributed by atoms with van der Waals surface area (Å²) in [6, 6.07) is 21.6. The smallest absolute Gasteiger partial charge is 0.246 e. The maximum absolute atomic E-state index is 14.4. The molecule has 3 aromatic carbocycles. The average Bonchev–Trinajstić information content (AvgIpc) is 3.59. The first-order valence-corrected chi connectivity index (χ1v) is 15.9. The highest BCUT2D eigenvalue weighted by Gasteiger charge is 2.41. The lowest BCUT2D eigenvalue weighted by molar-refractivity contribution is -0.151. The molecule has 1 saturated heterocycles. The summed E-state index contributed by atoms with van der Waals surface area (Å²) in [6.45, 7) is 0.163. The first kappa shape index (κ1) is 35.1. The number of benzene rings is 3. The maximum atomic E-state index is 14.4. The van der Waals surface area contributed by atoms with E-state index in [2.05, 4.69) is 5.32 Å². The minimum absolute atomic E-state index is 0.0401. The Morgan fingerprint density at radius 3 is 1.96 bits per heavy atom. The number of hydrogen-bond donors (Lipinski definition) is 4. The molecule has 5 N–H and O–H groups in total. The lowest BCUT2D eigenvalue weighted by Crippen LogP contribution is -2.59. The molecule has 0 bridgehead atoms. The van der Waals surface area contributed by atoms with Crippen LogP contribution in [0.25, 0.3) is 0 Å². The lowest BCUT2D eigenvalue weighted by Gasteiger charge is -2.37. The zero-order valence-electron chi connectivity index (χ0n) is 27.0. The van der Waals surface area contributed by atoms with Gasteiger partial charge in [0.2, 0.25) is 23.6 Å². The summed E-state index contributed by atoms with van der Waals surface area (Å²) < 4.78 is 0. The number of rotatable bonds is 14. The fourth-order valence-electron chi connectivity index (χ4n) is 6.02. The van der Waals surface area contributed by atoms with E-state index in [1.807, 2.05) is 60.7 Å². The number of aliphatic hydroxyl groups is 1. The number of nitrogens with two attached hydrogens (primary N) is 1. The zero-order valence-corrected chi connectivity index (χ0v) is 27.0. The highest BCUT2D eigenvalue weighted by atomic mass is 16.3. The van der Waals surface area contributed by atoms with Crippen molar-refractivity contribution in [2.75, 3.05) is 33.8 Å². The van der Waals surface area contributed by atoms with Gasteiger partial charge in [0.25, 0.3) is 0 Å². The van der Waals surface area contributed by atoms with Gasteiger partial charge in [-0.2, -0.15) is 0 Å². The average molecular weight is 644 g/mol. The summed E-state index contributed by atoms with van der Waals surface area (Å²) >= 11 is 0. The van der Waals surface area contributed by atoms with Crippen LogP contribution in [0.3, 0.4) is 0 Å². The Hall–Kier alpha value is -4.74. The number of amides is 4. The van der Waals surface area contributed by atoms with Crippen molar-refractivity contribution in [1.29, 1.82) is 0 Å². The number of nitrogens with one attached hydrogen (secondary N) is 1. The standard InChI is InChI=1S/C36H45N5O6/c1-39(31(33(44)38-19-21-42)23-25-10-5-3-6-11-25)36(47)32(24-26-12-7-4-8-13-26)40(2)35(46)30-14-9-20-41(30)34(45)29(37)22-27-15-17-28(43)18-16-27/h3-8,10-13,15-18,29-32,42-43H,9,14,19-24,37H2,1-2H3,(H,38,44)/t29-,30-,31-,32-/m0/s1. The van der Waals surface area contributed by atoms with Crippen molar-refractivity contribution in [2.45, 2.75) is 56.3 Å². The number of carbonyl (C=O) groups excluding carboxylic acids is 4. The largest absolute Gasteiger partial charge is 0.508 e. The van der Waals surface area contributed by atoms with E-state index >= 15 is 0 Å². The van der Waals surface area contributed by atoms with E-state index in [0.29, 0.717) is 19.4 Å². The fraction of sp³-hybridized carbons (Fsp3) is 0.389. The molecule has 1 aliphatic heterocycles. The van der Waals surface area contributed by atoms with E-state index in [4.69, 9.17) is 5.73 Å². The molecule has 0 spiro atoms. The number of hydrogen-bond acceptors (Lipinski definition) is 7. The number of phenols is 1. The highest BCUT2D eigenvalue weighted by molar-refractivity contribution is 5.95.